The van der Waals surface area contributed by atoms with Crippen LogP contribution in [0.2, 0.25) is 0 Å². The van der Waals surface area contributed by atoms with E-state index in [4.69, 9.17) is 4.42 Å². The van der Waals surface area contributed by atoms with Crippen LogP contribution in [0.15, 0.2) is 83.5 Å². The van der Waals surface area contributed by atoms with Crippen LogP contribution in [0.25, 0.3) is 11.0 Å². The molecule has 0 fully saturated rings. The summed E-state index contributed by atoms with van der Waals surface area (Å²) < 4.78 is 18.3. The molecule has 0 saturated carbocycles. The van der Waals surface area contributed by atoms with E-state index in [0.29, 0.717) is 11.3 Å². The minimum atomic E-state index is -0.371. The van der Waals surface area contributed by atoms with Crippen molar-refractivity contribution in [2.75, 3.05) is 10.6 Å². The Balaban J connectivity index is 1.47. The van der Waals surface area contributed by atoms with E-state index in [2.05, 4.69) is 10.6 Å². The molecule has 0 spiro atoms. The summed E-state index contributed by atoms with van der Waals surface area (Å²) in [5, 5.41) is 7.13. The zero-order valence-corrected chi connectivity index (χ0v) is 13.7. The third kappa shape index (κ3) is 3.28. The summed E-state index contributed by atoms with van der Waals surface area (Å²) in [7, 11) is 0. The van der Waals surface area contributed by atoms with Crippen LogP contribution in [-0.2, 0) is 0 Å². The fraction of sp³-hybridized carbons (Fsp3) is 0. The number of hydrogen-bond donors (Lipinski definition) is 2. The van der Waals surface area contributed by atoms with Crippen molar-refractivity contribution in [3.05, 3.63) is 90.4 Å². The van der Waals surface area contributed by atoms with E-state index in [1.165, 1.54) is 24.3 Å². The largest absolute Gasteiger partial charge is 0.464 e. The van der Waals surface area contributed by atoms with Crippen molar-refractivity contribution < 1.29 is 13.6 Å². The van der Waals surface area contributed by atoms with Crippen LogP contribution < -0.4 is 10.6 Å². The van der Waals surface area contributed by atoms with Gasteiger partial charge >= 0.3 is 0 Å². The molecule has 1 heterocycles. The highest BCUT2D eigenvalue weighted by atomic mass is 19.1. The van der Waals surface area contributed by atoms with Crippen LogP contribution in [0.1, 0.15) is 10.4 Å². The second kappa shape index (κ2) is 6.72. The molecule has 0 radical (unpaired) electrons. The van der Waals surface area contributed by atoms with Crippen LogP contribution in [0, 0.1) is 5.82 Å². The van der Waals surface area contributed by atoms with Gasteiger partial charge in [-0.05, 0) is 66.7 Å². The molecule has 1 aromatic heterocycles. The van der Waals surface area contributed by atoms with Crippen molar-refractivity contribution >= 4 is 33.9 Å². The molecule has 0 unspecified atom stereocenters. The summed E-state index contributed by atoms with van der Waals surface area (Å²) in [5.41, 5.74) is 3.71. The molecular formula is C21H15FN2O2. The molecule has 0 aliphatic rings. The van der Waals surface area contributed by atoms with Crippen LogP contribution in [0.5, 0.6) is 0 Å². The van der Waals surface area contributed by atoms with E-state index >= 15 is 0 Å². The molecule has 0 aliphatic heterocycles. The quantitative estimate of drug-likeness (QED) is 0.508. The minimum Gasteiger partial charge on any atom is -0.464 e. The van der Waals surface area contributed by atoms with E-state index in [1.54, 1.807) is 18.4 Å². The Morgan fingerprint density at radius 2 is 1.58 bits per heavy atom. The molecule has 4 aromatic rings. The Bertz CT molecular complexity index is 1050. The van der Waals surface area contributed by atoms with E-state index in [9.17, 15) is 9.18 Å². The summed E-state index contributed by atoms with van der Waals surface area (Å²) in [5.74, 6) is -0.654. The van der Waals surface area contributed by atoms with Gasteiger partial charge in [-0.3, -0.25) is 4.79 Å². The lowest BCUT2D eigenvalue weighted by Crippen LogP contribution is -2.11. The number of benzene rings is 3. The standard InChI is InChI=1S/C21H15FN2O2/c22-15-6-4-14(5-7-15)21(25)24-17-10-8-16(9-11-17)23-19-2-1-3-20-18(19)12-13-26-20/h1-13,23H,(H,24,25). The Kier molecular flexibility index (Phi) is 4.11. The van der Waals surface area contributed by atoms with E-state index in [1.807, 2.05) is 36.4 Å². The molecule has 26 heavy (non-hydrogen) atoms. The van der Waals surface area contributed by atoms with Crippen molar-refractivity contribution in [2.24, 2.45) is 0 Å². The van der Waals surface area contributed by atoms with Gasteiger partial charge in [0.25, 0.3) is 5.91 Å². The van der Waals surface area contributed by atoms with Crippen LogP contribution in [0.4, 0.5) is 21.5 Å². The highest BCUT2D eigenvalue weighted by Gasteiger charge is 2.07. The van der Waals surface area contributed by atoms with Gasteiger partial charge in [0.05, 0.1) is 6.26 Å². The molecule has 2 N–H and O–H groups in total. The molecule has 1 amide bonds. The van der Waals surface area contributed by atoms with Crippen molar-refractivity contribution in [1.29, 1.82) is 0 Å². The van der Waals surface area contributed by atoms with Crippen molar-refractivity contribution in [1.82, 2.24) is 0 Å². The number of halogens is 1. The Morgan fingerprint density at radius 3 is 2.35 bits per heavy atom. The summed E-state index contributed by atoms with van der Waals surface area (Å²) in [6.07, 6.45) is 1.66. The number of anilines is 3. The predicted octanol–water partition coefficient (Wildman–Crippen LogP) is 5.57. The maximum Gasteiger partial charge on any atom is 0.255 e. The Morgan fingerprint density at radius 1 is 0.846 bits per heavy atom. The first-order chi connectivity index (χ1) is 12.7. The predicted molar refractivity (Wildman–Crippen MR) is 100 cm³/mol. The van der Waals surface area contributed by atoms with Crippen molar-refractivity contribution in [2.45, 2.75) is 0 Å². The topological polar surface area (TPSA) is 54.3 Å². The lowest BCUT2D eigenvalue weighted by Gasteiger charge is -2.09. The van der Waals surface area contributed by atoms with Gasteiger partial charge in [-0.15, -0.1) is 0 Å². The normalized spacial score (nSPS) is 10.7. The fourth-order valence-corrected chi connectivity index (χ4v) is 2.70. The van der Waals surface area contributed by atoms with Crippen molar-refractivity contribution in [3.63, 3.8) is 0 Å². The molecule has 4 rings (SSSR count). The van der Waals surface area contributed by atoms with Gasteiger partial charge in [-0.25, -0.2) is 4.39 Å². The van der Waals surface area contributed by atoms with Gasteiger partial charge in [-0.2, -0.15) is 0 Å². The minimum absolute atomic E-state index is 0.283. The molecule has 4 nitrogen and oxygen atoms in total. The average molecular weight is 346 g/mol. The van der Waals surface area contributed by atoms with Gasteiger partial charge in [0.2, 0.25) is 0 Å². The summed E-state index contributed by atoms with van der Waals surface area (Å²) in [4.78, 5) is 12.2. The van der Waals surface area contributed by atoms with Gasteiger partial charge in [-0.1, -0.05) is 6.07 Å². The molecule has 0 bridgehead atoms. The molecule has 5 heteroatoms. The molecule has 0 atom stereocenters. The highest BCUT2D eigenvalue weighted by molar-refractivity contribution is 6.04. The molecular weight excluding hydrogens is 331 g/mol. The Labute approximate surface area is 149 Å². The smallest absolute Gasteiger partial charge is 0.255 e. The second-order valence-electron chi connectivity index (χ2n) is 5.80. The van der Waals surface area contributed by atoms with Gasteiger partial charge < -0.3 is 15.1 Å². The van der Waals surface area contributed by atoms with Gasteiger partial charge in [0.1, 0.15) is 11.4 Å². The number of fused-ring (bicyclic) bond motifs is 1. The first-order valence-electron chi connectivity index (χ1n) is 8.09. The number of rotatable bonds is 4. The Hall–Kier alpha value is -3.60. The summed E-state index contributed by atoms with van der Waals surface area (Å²) >= 11 is 0. The average Bonchev–Trinajstić information content (AvgIpc) is 3.14. The third-order valence-electron chi connectivity index (χ3n) is 4.02. The highest BCUT2D eigenvalue weighted by Crippen LogP contribution is 2.27. The van der Waals surface area contributed by atoms with Crippen LogP contribution in [-0.4, -0.2) is 5.91 Å². The SMILES string of the molecule is O=C(Nc1ccc(Nc2cccc3occc23)cc1)c1ccc(F)cc1. The summed E-state index contributed by atoms with van der Waals surface area (Å²) in [6, 6.07) is 20.5. The zero-order valence-electron chi connectivity index (χ0n) is 13.7. The van der Waals surface area contributed by atoms with E-state index < -0.39 is 0 Å². The summed E-state index contributed by atoms with van der Waals surface area (Å²) in [6.45, 7) is 0. The second-order valence-corrected chi connectivity index (χ2v) is 5.80. The lowest BCUT2D eigenvalue weighted by atomic mass is 10.2. The van der Waals surface area contributed by atoms with Crippen LogP contribution in [0.3, 0.4) is 0 Å². The number of carbonyl (C=O) groups excluding carboxylic acids is 1. The zero-order chi connectivity index (χ0) is 17.9. The third-order valence-corrected chi connectivity index (χ3v) is 4.02. The molecule has 0 aliphatic carbocycles. The van der Waals surface area contributed by atoms with E-state index in [-0.39, 0.29) is 11.7 Å². The number of nitrogens with one attached hydrogen (secondary N) is 2. The number of amides is 1. The van der Waals surface area contributed by atoms with Crippen molar-refractivity contribution in [3.8, 4) is 0 Å². The monoisotopic (exact) mass is 346 g/mol. The number of hydrogen-bond acceptors (Lipinski definition) is 3. The van der Waals surface area contributed by atoms with Gasteiger partial charge in [0, 0.05) is 28.0 Å². The van der Waals surface area contributed by atoms with Crippen LogP contribution >= 0.6 is 0 Å². The maximum absolute atomic E-state index is 12.9. The lowest BCUT2D eigenvalue weighted by molar-refractivity contribution is 0.102. The van der Waals surface area contributed by atoms with Gasteiger partial charge in [0.15, 0.2) is 0 Å². The van der Waals surface area contributed by atoms with E-state index in [0.717, 1.165) is 22.3 Å². The first kappa shape index (κ1) is 15.9. The maximum atomic E-state index is 12.9. The molecule has 0 saturated heterocycles. The number of carbonyl (C=O) groups is 1. The molecule has 3 aromatic carbocycles. The fourth-order valence-electron chi connectivity index (χ4n) is 2.70. The molecule has 128 valence electrons. The number of furan rings is 1. The first-order valence-corrected chi connectivity index (χ1v) is 8.09.